The van der Waals surface area contributed by atoms with E-state index in [1.54, 1.807) is 12.4 Å². The maximum absolute atomic E-state index is 4.39. The second kappa shape index (κ2) is 5.37. The molecule has 2 heterocycles. The Kier molecular flexibility index (Phi) is 3.85. The Morgan fingerprint density at radius 2 is 2.44 bits per heavy atom. The molecule has 1 aromatic rings. The fourth-order valence-electron chi connectivity index (χ4n) is 2.52. The van der Waals surface area contributed by atoms with Gasteiger partial charge in [-0.05, 0) is 33.4 Å². The molecule has 0 saturated carbocycles. The highest BCUT2D eigenvalue weighted by atomic mass is 15.2. The van der Waals surface area contributed by atoms with E-state index in [-0.39, 0.29) is 0 Å². The number of nitrogens with zero attached hydrogens (tertiary/aromatic N) is 3. The molecule has 1 aliphatic heterocycles. The average molecular weight is 220 g/mol. The molecule has 88 valence electrons. The smallest absolute Gasteiger partial charge is 0.0755 e. The van der Waals surface area contributed by atoms with Crippen molar-refractivity contribution in [1.29, 1.82) is 0 Å². The van der Waals surface area contributed by atoms with Crippen molar-refractivity contribution in [3.05, 3.63) is 24.3 Å². The van der Waals surface area contributed by atoms with Crippen LogP contribution in [0.2, 0.25) is 0 Å². The molecule has 0 aromatic carbocycles. The summed E-state index contributed by atoms with van der Waals surface area (Å²) < 4.78 is 0. The quantitative estimate of drug-likeness (QED) is 0.828. The van der Waals surface area contributed by atoms with Crippen molar-refractivity contribution in [2.75, 3.05) is 20.1 Å². The standard InChI is InChI=1S/C12H20N4/c1-10(12-9-14-5-6-15-12)16-7-3-4-11(16)8-13-2/h5-6,9-11,13H,3-4,7-8H2,1-2H3. The minimum atomic E-state index is 0.370. The van der Waals surface area contributed by atoms with Crippen molar-refractivity contribution < 1.29 is 0 Å². The Morgan fingerprint density at radius 3 is 3.12 bits per heavy atom. The lowest BCUT2D eigenvalue weighted by atomic mass is 10.1. The number of nitrogens with one attached hydrogen (secondary N) is 1. The van der Waals surface area contributed by atoms with Gasteiger partial charge in [0.2, 0.25) is 0 Å². The monoisotopic (exact) mass is 220 g/mol. The van der Waals surface area contributed by atoms with Crippen LogP contribution in [0.5, 0.6) is 0 Å². The van der Waals surface area contributed by atoms with Gasteiger partial charge < -0.3 is 5.32 Å². The Morgan fingerprint density at radius 1 is 1.56 bits per heavy atom. The summed E-state index contributed by atoms with van der Waals surface area (Å²) >= 11 is 0. The van der Waals surface area contributed by atoms with Crippen molar-refractivity contribution >= 4 is 0 Å². The first kappa shape index (κ1) is 11.5. The molecule has 16 heavy (non-hydrogen) atoms. The molecule has 2 rings (SSSR count). The zero-order valence-electron chi connectivity index (χ0n) is 10.1. The molecule has 0 aliphatic carbocycles. The molecular weight excluding hydrogens is 200 g/mol. The zero-order valence-corrected chi connectivity index (χ0v) is 10.1. The van der Waals surface area contributed by atoms with Gasteiger partial charge in [0.1, 0.15) is 0 Å². The van der Waals surface area contributed by atoms with Gasteiger partial charge in [-0.3, -0.25) is 14.9 Å². The van der Waals surface area contributed by atoms with Crippen LogP contribution in [-0.4, -0.2) is 41.0 Å². The van der Waals surface area contributed by atoms with Gasteiger partial charge in [-0.15, -0.1) is 0 Å². The molecule has 1 aromatic heterocycles. The minimum Gasteiger partial charge on any atom is -0.318 e. The van der Waals surface area contributed by atoms with E-state index in [0.717, 1.165) is 12.2 Å². The summed E-state index contributed by atoms with van der Waals surface area (Å²) in [7, 11) is 2.02. The van der Waals surface area contributed by atoms with E-state index in [1.807, 2.05) is 13.2 Å². The topological polar surface area (TPSA) is 41.0 Å². The Bertz CT molecular complexity index is 314. The van der Waals surface area contributed by atoms with Crippen LogP contribution in [0.15, 0.2) is 18.6 Å². The van der Waals surface area contributed by atoms with Crippen LogP contribution in [0.4, 0.5) is 0 Å². The first-order valence-corrected chi connectivity index (χ1v) is 5.99. The summed E-state index contributed by atoms with van der Waals surface area (Å²) in [6.07, 6.45) is 7.95. The molecule has 4 nitrogen and oxygen atoms in total. The summed E-state index contributed by atoms with van der Waals surface area (Å²) in [5.41, 5.74) is 1.07. The summed E-state index contributed by atoms with van der Waals surface area (Å²) in [4.78, 5) is 11.1. The van der Waals surface area contributed by atoms with Gasteiger partial charge in [-0.1, -0.05) is 0 Å². The second-order valence-corrected chi connectivity index (χ2v) is 4.40. The maximum atomic E-state index is 4.39. The fraction of sp³-hybridized carbons (Fsp3) is 0.667. The van der Waals surface area contributed by atoms with E-state index in [1.165, 1.54) is 19.4 Å². The summed E-state index contributed by atoms with van der Waals surface area (Å²) in [5.74, 6) is 0. The van der Waals surface area contributed by atoms with E-state index in [2.05, 4.69) is 27.1 Å². The third-order valence-corrected chi connectivity index (χ3v) is 3.37. The van der Waals surface area contributed by atoms with E-state index in [0.29, 0.717) is 12.1 Å². The lowest BCUT2D eigenvalue weighted by Gasteiger charge is -2.29. The number of rotatable bonds is 4. The van der Waals surface area contributed by atoms with Crippen LogP contribution in [0.3, 0.4) is 0 Å². The first-order chi connectivity index (χ1) is 7.83. The van der Waals surface area contributed by atoms with Crippen LogP contribution in [0.25, 0.3) is 0 Å². The number of likely N-dealkylation sites (tertiary alicyclic amines) is 1. The van der Waals surface area contributed by atoms with Gasteiger partial charge >= 0.3 is 0 Å². The molecule has 4 heteroatoms. The summed E-state index contributed by atoms with van der Waals surface area (Å²) in [6, 6.07) is 1.01. The molecule has 0 radical (unpaired) electrons. The Hall–Kier alpha value is -1.00. The molecule has 0 spiro atoms. The molecular formula is C12H20N4. The number of hydrogen-bond donors (Lipinski definition) is 1. The van der Waals surface area contributed by atoms with Gasteiger partial charge in [0.15, 0.2) is 0 Å². The van der Waals surface area contributed by atoms with Gasteiger partial charge in [0.25, 0.3) is 0 Å². The highest BCUT2D eigenvalue weighted by Crippen LogP contribution is 2.27. The lowest BCUT2D eigenvalue weighted by molar-refractivity contribution is 0.187. The van der Waals surface area contributed by atoms with Gasteiger partial charge in [-0.25, -0.2) is 0 Å². The van der Waals surface area contributed by atoms with Crippen LogP contribution >= 0.6 is 0 Å². The molecule has 2 unspecified atom stereocenters. The molecule has 1 fully saturated rings. The number of aromatic nitrogens is 2. The van der Waals surface area contributed by atoms with Crippen LogP contribution in [0, 0.1) is 0 Å². The van der Waals surface area contributed by atoms with E-state index in [4.69, 9.17) is 0 Å². The Balaban J connectivity index is 2.06. The maximum Gasteiger partial charge on any atom is 0.0755 e. The van der Waals surface area contributed by atoms with Crippen molar-refractivity contribution in [2.45, 2.75) is 31.8 Å². The van der Waals surface area contributed by atoms with Crippen LogP contribution in [-0.2, 0) is 0 Å². The molecule has 1 N–H and O–H groups in total. The highest BCUT2D eigenvalue weighted by molar-refractivity contribution is 5.03. The van der Waals surface area contributed by atoms with Crippen molar-refractivity contribution in [1.82, 2.24) is 20.2 Å². The van der Waals surface area contributed by atoms with Crippen molar-refractivity contribution in [3.8, 4) is 0 Å². The molecule has 0 bridgehead atoms. The van der Waals surface area contributed by atoms with Crippen LogP contribution in [0.1, 0.15) is 31.5 Å². The van der Waals surface area contributed by atoms with Gasteiger partial charge in [0.05, 0.1) is 11.7 Å². The van der Waals surface area contributed by atoms with Gasteiger partial charge in [-0.2, -0.15) is 0 Å². The molecule has 2 atom stereocenters. The number of likely N-dealkylation sites (N-methyl/N-ethyl adjacent to an activating group) is 1. The summed E-state index contributed by atoms with van der Waals surface area (Å²) in [5, 5.41) is 3.27. The largest absolute Gasteiger partial charge is 0.318 e. The second-order valence-electron chi connectivity index (χ2n) is 4.40. The molecule has 0 amide bonds. The Labute approximate surface area is 97.1 Å². The lowest BCUT2D eigenvalue weighted by Crippen LogP contribution is -2.38. The van der Waals surface area contributed by atoms with E-state index >= 15 is 0 Å². The first-order valence-electron chi connectivity index (χ1n) is 5.99. The van der Waals surface area contributed by atoms with E-state index in [9.17, 15) is 0 Å². The highest BCUT2D eigenvalue weighted by Gasteiger charge is 2.29. The average Bonchev–Trinajstić information content (AvgIpc) is 2.78. The predicted octanol–water partition coefficient (Wildman–Crippen LogP) is 1.22. The minimum absolute atomic E-state index is 0.370. The predicted molar refractivity (Wildman–Crippen MR) is 64.1 cm³/mol. The molecule has 1 aliphatic rings. The van der Waals surface area contributed by atoms with Crippen molar-refractivity contribution in [3.63, 3.8) is 0 Å². The molecule has 1 saturated heterocycles. The van der Waals surface area contributed by atoms with Gasteiger partial charge in [0, 0.05) is 31.2 Å². The third-order valence-electron chi connectivity index (χ3n) is 3.37. The summed E-state index contributed by atoms with van der Waals surface area (Å²) in [6.45, 7) is 4.45. The number of hydrogen-bond acceptors (Lipinski definition) is 4. The van der Waals surface area contributed by atoms with E-state index < -0.39 is 0 Å². The zero-order chi connectivity index (χ0) is 11.4. The van der Waals surface area contributed by atoms with Crippen molar-refractivity contribution in [2.24, 2.45) is 0 Å². The fourth-order valence-corrected chi connectivity index (χ4v) is 2.52. The SMILES string of the molecule is CNCC1CCCN1C(C)c1cnccn1. The normalized spacial score (nSPS) is 23.5. The van der Waals surface area contributed by atoms with Crippen LogP contribution < -0.4 is 5.32 Å². The third kappa shape index (κ3) is 2.39.